The number of nitrogens with two attached hydrogens (primary N) is 1. The van der Waals surface area contributed by atoms with Gasteiger partial charge in [-0.05, 0) is 31.5 Å². The van der Waals surface area contributed by atoms with Gasteiger partial charge in [0.15, 0.2) is 5.69 Å². The maximum Gasteiger partial charge on any atom is 0.330 e. The van der Waals surface area contributed by atoms with Crippen LogP contribution >= 0.6 is 15.9 Å². The molecular formula is C17H20BrFN4O3. The van der Waals surface area contributed by atoms with Gasteiger partial charge in [-0.25, -0.2) is 9.18 Å². The lowest BCUT2D eigenvalue weighted by molar-refractivity contribution is 0.0984. The van der Waals surface area contributed by atoms with Crippen molar-refractivity contribution in [2.24, 2.45) is 0 Å². The van der Waals surface area contributed by atoms with Crippen LogP contribution in [-0.2, 0) is 6.54 Å². The second-order valence-electron chi connectivity index (χ2n) is 5.67. The van der Waals surface area contributed by atoms with Crippen molar-refractivity contribution in [2.75, 3.05) is 17.2 Å². The zero-order valence-electron chi connectivity index (χ0n) is 14.5. The number of aromatic nitrogens is 2. The van der Waals surface area contributed by atoms with E-state index >= 15 is 0 Å². The lowest BCUT2D eigenvalue weighted by atomic mass is 10.1. The second kappa shape index (κ2) is 8.31. The third-order valence-corrected chi connectivity index (χ3v) is 4.44. The SMILES string of the molecule is CCCCn1c(N)c(N(CC)C(=O)c2ccc(Br)cc2F)c(=O)[nH]c1=O. The van der Waals surface area contributed by atoms with Crippen LogP contribution in [0.25, 0.3) is 0 Å². The van der Waals surface area contributed by atoms with E-state index < -0.39 is 23.0 Å². The number of carbonyl (C=O) groups is 1. The first kappa shape index (κ1) is 19.9. The molecule has 0 aliphatic heterocycles. The fourth-order valence-electron chi connectivity index (χ4n) is 2.59. The highest BCUT2D eigenvalue weighted by Crippen LogP contribution is 2.22. The molecule has 0 radical (unpaired) electrons. The van der Waals surface area contributed by atoms with Gasteiger partial charge in [-0.1, -0.05) is 29.3 Å². The topological polar surface area (TPSA) is 101 Å². The van der Waals surface area contributed by atoms with Gasteiger partial charge in [0.25, 0.3) is 11.5 Å². The Morgan fingerprint density at radius 1 is 1.35 bits per heavy atom. The van der Waals surface area contributed by atoms with Gasteiger partial charge < -0.3 is 10.6 Å². The maximum atomic E-state index is 14.2. The third kappa shape index (κ3) is 3.87. The van der Waals surface area contributed by atoms with Gasteiger partial charge in [-0.2, -0.15) is 0 Å². The number of nitrogen functional groups attached to an aromatic ring is 1. The van der Waals surface area contributed by atoms with Crippen LogP contribution in [0.4, 0.5) is 15.9 Å². The zero-order valence-corrected chi connectivity index (χ0v) is 16.1. The van der Waals surface area contributed by atoms with Crippen LogP contribution in [0.15, 0.2) is 32.3 Å². The molecule has 0 bridgehead atoms. The summed E-state index contributed by atoms with van der Waals surface area (Å²) in [5, 5.41) is 0. The van der Waals surface area contributed by atoms with E-state index in [4.69, 9.17) is 5.73 Å². The minimum atomic E-state index is -0.784. The predicted octanol–water partition coefficient (Wildman–Crippen LogP) is 2.49. The summed E-state index contributed by atoms with van der Waals surface area (Å²) in [7, 11) is 0. The maximum absolute atomic E-state index is 14.2. The van der Waals surface area contributed by atoms with E-state index in [0.717, 1.165) is 17.4 Å². The van der Waals surface area contributed by atoms with E-state index in [-0.39, 0.29) is 23.6 Å². The summed E-state index contributed by atoms with van der Waals surface area (Å²) >= 11 is 3.13. The van der Waals surface area contributed by atoms with Crippen molar-refractivity contribution in [3.63, 3.8) is 0 Å². The Bertz CT molecular complexity index is 939. The number of hydrogen-bond acceptors (Lipinski definition) is 4. The largest absolute Gasteiger partial charge is 0.383 e. The number of hydrogen-bond donors (Lipinski definition) is 2. The van der Waals surface area contributed by atoms with Crippen LogP contribution in [0.3, 0.4) is 0 Å². The standard InChI is InChI=1S/C17H20BrFN4O3/c1-3-5-8-23-14(20)13(15(24)21-17(23)26)22(4-2)16(25)11-7-6-10(18)9-12(11)19/h6-7,9H,3-5,8,20H2,1-2H3,(H,21,24,26). The molecule has 0 spiro atoms. The van der Waals surface area contributed by atoms with Crippen molar-refractivity contribution < 1.29 is 9.18 Å². The fraction of sp³-hybridized carbons (Fsp3) is 0.353. The molecule has 0 saturated heterocycles. The molecule has 0 aliphatic carbocycles. The molecule has 1 heterocycles. The van der Waals surface area contributed by atoms with Crippen molar-refractivity contribution in [2.45, 2.75) is 33.2 Å². The fourth-order valence-corrected chi connectivity index (χ4v) is 2.92. The van der Waals surface area contributed by atoms with E-state index in [1.54, 1.807) is 6.92 Å². The Morgan fingerprint density at radius 2 is 2.04 bits per heavy atom. The van der Waals surface area contributed by atoms with Crippen molar-refractivity contribution >= 4 is 33.3 Å². The Kier molecular flexibility index (Phi) is 6.36. The summed E-state index contributed by atoms with van der Waals surface area (Å²) in [4.78, 5) is 40.4. The average Bonchev–Trinajstić information content (AvgIpc) is 2.57. The van der Waals surface area contributed by atoms with Crippen molar-refractivity contribution in [3.05, 3.63) is 54.9 Å². The molecule has 9 heteroatoms. The van der Waals surface area contributed by atoms with Gasteiger partial charge in [-0.15, -0.1) is 0 Å². The van der Waals surface area contributed by atoms with Gasteiger partial charge in [-0.3, -0.25) is 19.1 Å². The van der Waals surface area contributed by atoms with E-state index in [1.807, 2.05) is 6.92 Å². The quantitative estimate of drug-likeness (QED) is 0.740. The summed E-state index contributed by atoms with van der Waals surface area (Å²) in [6.07, 6.45) is 1.50. The number of aromatic amines is 1. The number of carbonyl (C=O) groups excluding carboxylic acids is 1. The molecule has 26 heavy (non-hydrogen) atoms. The molecule has 0 unspecified atom stereocenters. The summed E-state index contributed by atoms with van der Waals surface area (Å²) in [5.74, 6) is -1.55. The van der Waals surface area contributed by atoms with Crippen LogP contribution in [0, 0.1) is 5.82 Å². The molecule has 7 nitrogen and oxygen atoms in total. The zero-order chi connectivity index (χ0) is 19.4. The smallest absolute Gasteiger partial charge is 0.330 e. The summed E-state index contributed by atoms with van der Waals surface area (Å²) in [5.41, 5.74) is 4.26. The molecule has 0 aliphatic rings. The Hall–Kier alpha value is -2.42. The Labute approximate surface area is 157 Å². The van der Waals surface area contributed by atoms with Gasteiger partial charge in [0.1, 0.15) is 11.6 Å². The lowest BCUT2D eigenvalue weighted by Gasteiger charge is -2.23. The first-order valence-electron chi connectivity index (χ1n) is 8.21. The van der Waals surface area contributed by atoms with Crippen LogP contribution < -0.4 is 21.9 Å². The van der Waals surface area contributed by atoms with Crippen molar-refractivity contribution in [3.8, 4) is 0 Å². The van der Waals surface area contributed by atoms with Gasteiger partial charge in [0.05, 0.1) is 5.56 Å². The molecule has 0 saturated carbocycles. The minimum absolute atomic E-state index is 0.0770. The molecule has 1 aromatic heterocycles. The van der Waals surface area contributed by atoms with Gasteiger partial charge in [0, 0.05) is 17.6 Å². The van der Waals surface area contributed by atoms with E-state index in [2.05, 4.69) is 20.9 Å². The molecule has 1 aromatic carbocycles. The molecule has 0 atom stereocenters. The first-order valence-corrected chi connectivity index (χ1v) is 9.00. The number of benzene rings is 1. The van der Waals surface area contributed by atoms with Crippen LogP contribution in [0.2, 0.25) is 0 Å². The van der Waals surface area contributed by atoms with E-state index in [1.165, 1.54) is 16.7 Å². The van der Waals surface area contributed by atoms with Crippen LogP contribution in [0.1, 0.15) is 37.0 Å². The van der Waals surface area contributed by atoms with Gasteiger partial charge >= 0.3 is 5.69 Å². The molecule has 3 N–H and O–H groups in total. The first-order chi connectivity index (χ1) is 12.3. The molecular weight excluding hydrogens is 407 g/mol. The minimum Gasteiger partial charge on any atom is -0.383 e. The monoisotopic (exact) mass is 426 g/mol. The second-order valence-corrected chi connectivity index (χ2v) is 6.59. The summed E-state index contributed by atoms with van der Waals surface area (Å²) in [6, 6.07) is 4.01. The number of rotatable bonds is 6. The van der Waals surface area contributed by atoms with Gasteiger partial charge in [0.2, 0.25) is 0 Å². The van der Waals surface area contributed by atoms with E-state index in [9.17, 15) is 18.8 Å². The van der Waals surface area contributed by atoms with Crippen molar-refractivity contribution in [1.82, 2.24) is 9.55 Å². The van der Waals surface area contributed by atoms with Crippen molar-refractivity contribution in [1.29, 1.82) is 0 Å². The highest BCUT2D eigenvalue weighted by atomic mass is 79.9. The number of amides is 1. The summed E-state index contributed by atoms with van der Waals surface area (Å²) < 4.78 is 15.9. The number of H-pyrrole nitrogens is 1. The average molecular weight is 427 g/mol. The highest BCUT2D eigenvalue weighted by molar-refractivity contribution is 9.10. The predicted molar refractivity (Wildman–Crippen MR) is 102 cm³/mol. The molecule has 1 amide bonds. The van der Waals surface area contributed by atoms with Crippen LogP contribution in [-0.4, -0.2) is 22.0 Å². The molecule has 2 rings (SSSR count). The summed E-state index contributed by atoms with van der Waals surface area (Å²) in [6.45, 7) is 3.97. The molecule has 0 fully saturated rings. The lowest BCUT2D eigenvalue weighted by Crippen LogP contribution is -2.41. The Morgan fingerprint density at radius 3 is 2.62 bits per heavy atom. The molecule has 2 aromatic rings. The third-order valence-electron chi connectivity index (χ3n) is 3.94. The number of unbranched alkanes of at least 4 members (excludes halogenated alkanes) is 1. The van der Waals surface area contributed by atoms with Crippen LogP contribution in [0.5, 0.6) is 0 Å². The Balaban J connectivity index is 2.58. The van der Waals surface area contributed by atoms with E-state index in [0.29, 0.717) is 17.4 Å². The number of anilines is 2. The highest BCUT2D eigenvalue weighted by Gasteiger charge is 2.25. The molecule has 140 valence electrons. The number of nitrogens with zero attached hydrogens (tertiary/aromatic N) is 2. The normalized spacial score (nSPS) is 10.8. The number of halogens is 2. The number of nitrogens with one attached hydrogen (secondary N) is 1.